The lowest BCUT2D eigenvalue weighted by molar-refractivity contribution is 0.295. The van der Waals surface area contributed by atoms with Crippen LogP contribution >= 0.6 is 11.8 Å². The Morgan fingerprint density at radius 2 is 2.29 bits per heavy atom. The van der Waals surface area contributed by atoms with Crippen LogP contribution in [-0.2, 0) is 10.0 Å². The van der Waals surface area contributed by atoms with E-state index in [-0.39, 0.29) is 12.4 Å². The standard InChI is InChI=1S/C8H17NO3S2/c10-4-2-6-14(11,12)9-7-8-3-1-5-13-8/h8-10H,1-7H2. The van der Waals surface area contributed by atoms with Gasteiger partial charge in [-0.25, -0.2) is 13.1 Å². The fourth-order valence-corrected chi connectivity index (χ4v) is 3.77. The Morgan fingerprint density at radius 1 is 1.50 bits per heavy atom. The SMILES string of the molecule is O=S(=O)(CCCO)NCC1CCCS1. The minimum Gasteiger partial charge on any atom is -0.396 e. The molecule has 1 atom stereocenters. The molecule has 14 heavy (non-hydrogen) atoms. The van der Waals surface area contributed by atoms with Gasteiger partial charge in [-0.1, -0.05) is 0 Å². The van der Waals surface area contributed by atoms with Crippen LogP contribution in [0, 0.1) is 0 Å². The van der Waals surface area contributed by atoms with Crippen LogP contribution in [0.4, 0.5) is 0 Å². The van der Waals surface area contributed by atoms with Gasteiger partial charge in [0.1, 0.15) is 0 Å². The van der Waals surface area contributed by atoms with Crippen molar-refractivity contribution < 1.29 is 13.5 Å². The van der Waals surface area contributed by atoms with Crippen LogP contribution < -0.4 is 4.72 Å². The van der Waals surface area contributed by atoms with Crippen molar-refractivity contribution >= 4 is 21.8 Å². The van der Waals surface area contributed by atoms with Gasteiger partial charge in [-0.15, -0.1) is 0 Å². The van der Waals surface area contributed by atoms with Gasteiger partial charge in [0, 0.05) is 18.4 Å². The Bertz CT molecular complexity index is 247. The van der Waals surface area contributed by atoms with Crippen molar-refractivity contribution in [3.63, 3.8) is 0 Å². The Hall–Kier alpha value is 0.220. The quantitative estimate of drug-likeness (QED) is 0.694. The second kappa shape index (κ2) is 5.95. The molecule has 1 heterocycles. The van der Waals surface area contributed by atoms with E-state index in [1.165, 1.54) is 6.42 Å². The van der Waals surface area contributed by atoms with Gasteiger partial charge in [0.2, 0.25) is 10.0 Å². The van der Waals surface area contributed by atoms with Gasteiger partial charge in [0.25, 0.3) is 0 Å². The highest BCUT2D eigenvalue weighted by atomic mass is 32.2. The first-order valence-corrected chi connectivity index (χ1v) is 7.54. The highest BCUT2D eigenvalue weighted by Gasteiger charge is 2.18. The number of rotatable bonds is 6. The predicted octanol–water partition coefficient (Wildman–Crippen LogP) is 0.184. The molecule has 1 unspecified atom stereocenters. The second-order valence-electron chi connectivity index (χ2n) is 3.38. The molecule has 0 amide bonds. The third-order valence-electron chi connectivity index (χ3n) is 2.13. The van der Waals surface area contributed by atoms with E-state index in [1.807, 2.05) is 11.8 Å². The molecule has 4 nitrogen and oxygen atoms in total. The fourth-order valence-electron chi connectivity index (χ4n) is 1.35. The van der Waals surface area contributed by atoms with Crippen molar-refractivity contribution in [3.8, 4) is 0 Å². The first-order chi connectivity index (χ1) is 6.64. The molecule has 0 aliphatic carbocycles. The van der Waals surface area contributed by atoms with Crippen molar-refractivity contribution in [2.24, 2.45) is 0 Å². The van der Waals surface area contributed by atoms with Crippen LogP contribution in [0.5, 0.6) is 0 Å². The topological polar surface area (TPSA) is 66.4 Å². The summed E-state index contributed by atoms with van der Waals surface area (Å²) in [5, 5.41) is 8.96. The summed E-state index contributed by atoms with van der Waals surface area (Å²) in [6.07, 6.45) is 2.61. The van der Waals surface area contributed by atoms with Crippen LogP contribution in [0.25, 0.3) is 0 Å². The molecule has 0 spiro atoms. The molecule has 1 aliphatic heterocycles. The van der Waals surface area contributed by atoms with E-state index in [2.05, 4.69) is 4.72 Å². The second-order valence-corrected chi connectivity index (χ2v) is 6.71. The third-order valence-corrected chi connectivity index (χ3v) is 4.96. The summed E-state index contributed by atoms with van der Waals surface area (Å²) in [6.45, 7) is 0.470. The van der Waals surface area contributed by atoms with Gasteiger partial charge in [-0.2, -0.15) is 11.8 Å². The van der Waals surface area contributed by atoms with Crippen LogP contribution in [-0.4, -0.2) is 43.4 Å². The predicted molar refractivity (Wildman–Crippen MR) is 59.0 cm³/mol. The maximum atomic E-state index is 11.3. The summed E-state index contributed by atoms with van der Waals surface area (Å²) in [5.74, 6) is 1.17. The van der Waals surface area contributed by atoms with Gasteiger partial charge in [0.15, 0.2) is 0 Å². The van der Waals surface area contributed by atoms with Crippen LogP contribution in [0.2, 0.25) is 0 Å². The number of hydrogen-bond acceptors (Lipinski definition) is 4. The van der Waals surface area contributed by atoms with E-state index < -0.39 is 10.0 Å². The first kappa shape index (κ1) is 12.3. The largest absolute Gasteiger partial charge is 0.396 e. The highest BCUT2D eigenvalue weighted by Crippen LogP contribution is 2.25. The number of thioether (sulfide) groups is 1. The first-order valence-electron chi connectivity index (χ1n) is 4.84. The average Bonchev–Trinajstić information content (AvgIpc) is 2.64. The number of hydrogen-bond donors (Lipinski definition) is 2. The molecule has 1 aliphatic rings. The zero-order chi connectivity index (χ0) is 10.4. The van der Waals surface area contributed by atoms with Crippen LogP contribution in [0.3, 0.4) is 0 Å². The summed E-state index contributed by atoms with van der Waals surface area (Å²) in [6, 6.07) is 0. The summed E-state index contributed by atoms with van der Waals surface area (Å²) < 4.78 is 25.2. The molecule has 2 N–H and O–H groups in total. The van der Waals surface area contributed by atoms with E-state index in [9.17, 15) is 8.42 Å². The minimum atomic E-state index is -3.15. The molecule has 0 radical (unpaired) electrons. The third kappa shape index (κ3) is 4.63. The molecule has 0 aromatic carbocycles. The van der Waals surface area contributed by atoms with E-state index in [0.717, 1.165) is 12.2 Å². The van der Waals surface area contributed by atoms with Crippen molar-refractivity contribution in [2.75, 3.05) is 24.7 Å². The number of sulfonamides is 1. The molecular formula is C8H17NO3S2. The van der Waals surface area contributed by atoms with E-state index in [4.69, 9.17) is 5.11 Å². The van der Waals surface area contributed by atoms with Crippen molar-refractivity contribution in [1.82, 2.24) is 4.72 Å². The maximum Gasteiger partial charge on any atom is 0.211 e. The molecule has 1 fully saturated rings. The molecule has 1 saturated heterocycles. The number of nitrogens with one attached hydrogen (secondary N) is 1. The average molecular weight is 239 g/mol. The highest BCUT2D eigenvalue weighted by molar-refractivity contribution is 8.00. The van der Waals surface area contributed by atoms with Crippen molar-refractivity contribution in [1.29, 1.82) is 0 Å². The van der Waals surface area contributed by atoms with Crippen LogP contribution in [0.15, 0.2) is 0 Å². The maximum absolute atomic E-state index is 11.3. The lowest BCUT2D eigenvalue weighted by Gasteiger charge is -2.10. The Balaban J connectivity index is 2.21. The fraction of sp³-hybridized carbons (Fsp3) is 1.00. The number of aliphatic hydroxyl groups is 1. The summed E-state index contributed by atoms with van der Waals surface area (Å²) >= 11 is 1.83. The Kier molecular flexibility index (Phi) is 5.22. The Labute approximate surface area is 89.5 Å². The number of aliphatic hydroxyl groups excluding tert-OH is 1. The molecule has 0 bridgehead atoms. The zero-order valence-electron chi connectivity index (χ0n) is 8.11. The van der Waals surface area contributed by atoms with E-state index >= 15 is 0 Å². The monoisotopic (exact) mass is 239 g/mol. The van der Waals surface area contributed by atoms with Gasteiger partial charge in [-0.3, -0.25) is 0 Å². The van der Waals surface area contributed by atoms with Crippen LogP contribution in [0.1, 0.15) is 19.3 Å². The molecule has 1 rings (SSSR count). The van der Waals surface area contributed by atoms with Gasteiger partial charge >= 0.3 is 0 Å². The molecule has 0 aromatic heterocycles. The smallest absolute Gasteiger partial charge is 0.211 e. The summed E-state index contributed by atoms with van der Waals surface area (Å²) in [5.41, 5.74) is 0. The van der Waals surface area contributed by atoms with Crippen molar-refractivity contribution in [2.45, 2.75) is 24.5 Å². The zero-order valence-corrected chi connectivity index (χ0v) is 9.74. The summed E-state index contributed by atoms with van der Waals surface area (Å²) in [7, 11) is -3.15. The molecule has 0 saturated carbocycles. The molecular weight excluding hydrogens is 222 g/mol. The van der Waals surface area contributed by atoms with Gasteiger partial charge < -0.3 is 5.11 Å². The molecule has 6 heteroatoms. The normalized spacial score (nSPS) is 22.8. The summed E-state index contributed by atoms with van der Waals surface area (Å²) in [4.78, 5) is 0. The molecule has 0 aromatic rings. The van der Waals surface area contributed by atoms with E-state index in [0.29, 0.717) is 18.2 Å². The van der Waals surface area contributed by atoms with E-state index in [1.54, 1.807) is 0 Å². The lowest BCUT2D eigenvalue weighted by Crippen LogP contribution is -2.32. The molecule has 84 valence electrons. The minimum absolute atomic E-state index is 0.0287. The lowest BCUT2D eigenvalue weighted by atomic mass is 10.2. The van der Waals surface area contributed by atoms with Crippen molar-refractivity contribution in [3.05, 3.63) is 0 Å². The Morgan fingerprint density at radius 3 is 2.86 bits per heavy atom. The van der Waals surface area contributed by atoms with Gasteiger partial charge in [-0.05, 0) is 25.0 Å². The van der Waals surface area contributed by atoms with Gasteiger partial charge in [0.05, 0.1) is 5.75 Å².